The third-order valence-corrected chi connectivity index (χ3v) is 2.42. The predicted octanol–water partition coefficient (Wildman–Crippen LogP) is 4.35. The quantitative estimate of drug-likeness (QED) is 0.473. The zero-order valence-corrected chi connectivity index (χ0v) is 10.1. The van der Waals surface area contributed by atoms with Crippen LogP contribution in [0.3, 0.4) is 0 Å². The number of nitrogens with zero attached hydrogens (tertiary/aromatic N) is 1. The van der Waals surface area contributed by atoms with Gasteiger partial charge >= 0.3 is 0 Å². The van der Waals surface area contributed by atoms with Crippen LogP contribution in [0.25, 0.3) is 6.08 Å². The molecule has 0 saturated carbocycles. The second-order valence-electron chi connectivity index (χ2n) is 3.89. The summed E-state index contributed by atoms with van der Waals surface area (Å²) in [4.78, 5) is 4.35. The summed E-state index contributed by atoms with van der Waals surface area (Å²) in [6.45, 7) is 3.19. The number of hydrogen-bond acceptors (Lipinski definition) is 1. The number of aliphatic imine (C=N–C) groups is 1. The Hall–Kier alpha value is -1.37. The van der Waals surface area contributed by atoms with Crippen molar-refractivity contribution in [3.8, 4) is 0 Å². The molecule has 0 unspecified atom stereocenters. The maximum atomic E-state index is 4.35. The summed E-state index contributed by atoms with van der Waals surface area (Å²) >= 11 is 0. The molecule has 0 heterocycles. The summed E-state index contributed by atoms with van der Waals surface area (Å²) < 4.78 is 0. The van der Waals surface area contributed by atoms with Gasteiger partial charge in [0, 0.05) is 12.8 Å². The average molecular weight is 215 g/mol. The minimum atomic E-state index is 0.957. The molecule has 0 fully saturated rings. The Bertz CT molecular complexity index is 311. The van der Waals surface area contributed by atoms with Gasteiger partial charge in [-0.2, -0.15) is 0 Å². The van der Waals surface area contributed by atoms with Crippen LogP contribution in [0, 0.1) is 0 Å². The molecule has 0 spiro atoms. The Morgan fingerprint density at radius 3 is 2.62 bits per heavy atom. The molecule has 0 aromatic heterocycles. The highest BCUT2D eigenvalue weighted by Crippen LogP contribution is 2.00. The van der Waals surface area contributed by atoms with E-state index in [1.54, 1.807) is 0 Å². The van der Waals surface area contributed by atoms with Gasteiger partial charge < -0.3 is 0 Å². The van der Waals surface area contributed by atoms with E-state index < -0.39 is 0 Å². The van der Waals surface area contributed by atoms with Gasteiger partial charge in [-0.05, 0) is 18.1 Å². The minimum absolute atomic E-state index is 0.957. The van der Waals surface area contributed by atoms with Crippen LogP contribution in [0.5, 0.6) is 0 Å². The molecule has 0 radical (unpaired) electrons. The number of allylic oxidation sites excluding steroid dienone is 1. The molecular formula is C15H21N. The molecule has 86 valence electrons. The summed E-state index contributed by atoms with van der Waals surface area (Å²) in [6, 6.07) is 10.3. The zero-order valence-electron chi connectivity index (χ0n) is 10.1. The van der Waals surface area contributed by atoms with E-state index >= 15 is 0 Å². The van der Waals surface area contributed by atoms with Crippen molar-refractivity contribution in [2.45, 2.75) is 32.6 Å². The maximum absolute atomic E-state index is 4.35. The molecule has 0 saturated heterocycles. The monoisotopic (exact) mass is 215 g/mol. The van der Waals surface area contributed by atoms with Gasteiger partial charge in [-0.15, -0.1) is 0 Å². The lowest BCUT2D eigenvalue weighted by molar-refractivity contribution is 0.676. The summed E-state index contributed by atoms with van der Waals surface area (Å²) in [6.07, 6.45) is 11.1. The molecule has 1 aromatic rings. The minimum Gasteiger partial charge on any atom is -0.293 e. The summed E-state index contributed by atoms with van der Waals surface area (Å²) in [5, 5.41) is 0. The lowest BCUT2D eigenvalue weighted by Crippen LogP contribution is -1.81. The Morgan fingerprint density at radius 2 is 1.88 bits per heavy atom. The van der Waals surface area contributed by atoms with Gasteiger partial charge in [-0.1, -0.05) is 62.6 Å². The van der Waals surface area contributed by atoms with Crippen molar-refractivity contribution in [2.75, 3.05) is 6.54 Å². The van der Waals surface area contributed by atoms with E-state index in [1.165, 1.54) is 31.2 Å². The fraction of sp³-hybridized carbons (Fsp3) is 0.400. The highest BCUT2D eigenvalue weighted by molar-refractivity contribution is 5.78. The first-order chi connectivity index (χ1) is 7.93. The first-order valence-corrected chi connectivity index (χ1v) is 6.15. The van der Waals surface area contributed by atoms with Gasteiger partial charge in [0.25, 0.3) is 0 Å². The van der Waals surface area contributed by atoms with E-state index in [-0.39, 0.29) is 0 Å². The van der Waals surface area contributed by atoms with Crippen LogP contribution in [0.4, 0.5) is 0 Å². The topological polar surface area (TPSA) is 12.4 Å². The Labute approximate surface area is 98.9 Å². The van der Waals surface area contributed by atoms with Crippen molar-refractivity contribution in [2.24, 2.45) is 4.99 Å². The molecular weight excluding hydrogens is 194 g/mol. The van der Waals surface area contributed by atoms with E-state index in [1.807, 2.05) is 30.5 Å². The molecule has 0 aliphatic rings. The van der Waals surface area contributed by atoms with Gasteiger partial charge in [0.05, 0.1) is 0 Å². The second kappa shape index (κ2) is 8.90. The van der Waals surface area contributed by atoms with Crippen LogP contribution in [0.1, 0.15) is 38.2 Å². The van der Waals surface area contributed by atoms with Crippen LogP contribution in [-0.4, -0.2) is 12.8 Å². The normalized spacial score (nSPS) is 11.6. The molecule has 16 heavy (non-hydrogen) atoms. The molecule has 0 atom stereocenters. The molecule has 1 aromatic carbocycles. The van der Waals surface area contributed by atoms with Crippen LogP contribution in [0.15, 0.2) is 41.4 Å². The Morgan fingerprint density at radius 1 is 1.06 bits per heavy atom. The van der Waals surface area contributed by atoms with Crippen molar-refractivity contribution < 1.29 is 0 Å². The Balaban J connectivity index is 2.14. The van der Waals surface area contributed by atoms with E-state index in [0.717, 1.165) is 6.54 Å². The molecule has 1 nitrogen and oxygen atoms in total. The lowest BCUT2D eigenvalue weighted by atomic mass is 10.2. The first kappa shape index (κ1) is 12.7. The predicted molar refractivity (Wildman–Crippen MR) is 73.0 cm³/mol. The van der Waals surface area contributed by atoms with Crippen molar-refractivity contribution in [1.82, 2.24) is 0 Å². The van der Waals surface area contributed by atoms with Crippen molar-refractivity contribution in [1.29, 1.82) is 0 Å². The molecule has 0 aliphatic heterocycles. The van der Waals surface area contributed by atoms with Crippen molar-refractivity contribution >= 4 is 12.3 Å². The lowest BCUT2D eigenvalue weighted by Gasteiger charge is -1.93. The van der Waals surface area contributed by atoms with Crippen LogP contribution in [-0.2, 0) is 0 Å². The summed E-state index contributed by atoms with van der Waals surface area (Å²) in [7, 11) is 0. The van der Waals surface area contributed by atoms with Gasteiger partial charge in [0.1, 0.15) is 0 Å². The average Bonchev–Trinajstić information content (AvgIpc) is 2.34. The molecule has 0 aliphatic carbocycles. The fourth-order valence-corrected chi connectivity index (χ4v) is 1.48. The smallest absolute Gasteiger partial charge is 0.0389 e. The number of unbranched alkanes of at least 4 members (excludes halogenated alkanes) is 3. The Kier molecular flexibility index (Phi) is 7.06. The molecule has 1 heteroatoms. The van der Waals surface area contributed by atoms with Gasteiger partial charge in [0.2, 0.25) is 0 Å². The number of rotatable bonds is 7. The first-order valence-electron chi connectivity index (χ1n) is 6.15. The van der Waals surface area contributed by atoms with Crippen LogP contribution in [0.2, 0.25) is 0 Å². The molecule has 0 amide bonds. The van der Waals surface area contributed by atoms with Crippen LogP contribution >= 0.6 is 0 Å². The zero-order chi connectivity index (χ0) is 11.5. The molecule has 0 bridgehead atoms. The SMILES string of the molecule is CCCCCCN=C/C=C/c1ccccc1. The largest absolute Gasteiger partial charge is 0.293 e. The van der Waals surface area contributed by atoms with E-state index in [9.17, 15) is 0 Å². The van der Waals surface area contributed by atoms with Crippen molar-refractivity contribution in [3.63, 3.8) is 0 Å². The van der Waals surface area contributed by atoms with Gasteiger partial charge in [0.15, 0.2) is 0 Å². The maximum Gasteiger partial charge on any atom is 0.0389 e. The standard InChI is InChI=1S/C15H21N/c1-2-3-4-8-13-16-14-9-12-15-10-6-5-7-11-15/h5-7,9-12,14H,2-4,8,13H2,1H3/b12-9+,16-14?. The molecule has 1 rings (SSSR count). The van der Waals surface area contributed by atoms with Gasteiger partial charge in [-0.3, -0.25) is 4.99 Å². The van der Waals surface area contributed by atoms with Crippen LogP contribution < -0.4 is 0 Å². The van der Waals surface area contributed by atoms with E-state index in [2.05, 4.69) is 30.1 Å². The highest BCUT2D eigenvalue weighted by Gasteiger charge is 1.84. The van der Waals surface area contributed by atoms with E-state index in [4.69, 9.17) is 0 Å². The molecule has 0 N–H and O–H groups in total. The number of hydrogen-bond donors (Lipinski definition) is 0. The van der Waals surface area contributed by atoms with Gasteiger partial charge in [-0.25, -0.2) is 0 Å². The number of benzene rings is 1. The summed E-state index contributed by atoms with van der Waals surface area (Å²) in [5.74, 6) is 0. The third kappa shape index (κ3) is 6.18. The van der Waals surface area contributed by atoms with Crippen molar-refractivity contribution in [3.05, 3.63) is 42.0 Å². The fourth-order valence-electron chi connectivity index (χ4n) is 1.48. The van der Waals surface area contributed by atoms with E-state index in [0.29, 0.717) is 0 Å². The summed E-state index contributed by atoms with van der Waals surface area (Å²) in [5.41, 5.74) is 1.22. The highest BCUT2D eigenvalue weighted by atomic mass is 14.7. The second-order valence-corrected chi connectivity index (χ2v) is 3.89. The third-order valence-electron chi connectivity index (χ3n) is 2.42.